The van der Waals surface area contributed by atoms with Crippen molar-refractivity contribution in [1.82, 2.24) is 5.32 Å². The number of benzene rings is 1. The first-order valence-corrected chi connectivity index (χ1v) is 7.81. The van der Waals surface area contributed by atoms with E-state index in [1.54, 1.807) is 12.1 Å². The SMILES string of the molecule is CCCOc1ccc(C(=O)NCC2(CO)CCCC2)cc1. The number of aliphatic hydroxyl groups is 1. The number of hydrogen-bond acceptors (Lipinski definition) is 3. The average molecular weight is 291 g/mol. The van der Waals surface area contributed by atoms with Gasteiger partial charge in [-0.1, -0.05) is 19.8 Å². The molecule has 0 aromatic heterocycles. The highest BCUT2D eigenvalue weighted by Crippen LogP contribution is 2.36. The molecule has 0 spiro atoms. The molecule has 4 nitrogen and oxygen atoms in total. The highest BCUT2D eigenvalue weighted by Gasteiger charge is 2.33. The zero-order valence-electron chi connectivity index (χ0n) is 12.7. The normalized spacial score (nSPS) is 16.7. The lowest BCUT2D eigenvalue weighted by atomic mass is 9.87. The van der Waals surface area contributed by atoms with Crippen molar-refractivity contribution in [1.29, 1.82) is 0 Å². The number of aliphatic hydroxyl groups excluding tert-OH is 1. The van der Waals surface area contributed by atoms with Gasteiger partial charge < -0.3 is 15.2 Å². The molecule has 1 aliphatic carbocycles. The summed E-state index contributed by atoms with van der Waals surface area (Å²) in [5.74, 6) is 0.702. The number of amides is 1. The van der Waals surface area contributed by atoms with E-state index in [1.165, 1.54) is 0 Å². The highest BCUT2D eigenvalue weighted by molar-refractivity contribution is 5.94. The Labute approximate surface area is 126 Å². The van der Waals surface area contributed by atoms with Crippen molar-refractivity contribution in [2.75, 3.05) is 19.8 Å². The van der Waals surface area contributed by atoms with E-state index in [0.717, 1.165) is 37.9 Å². The molecule has 2 N–H and O–H groups in total. The zero-order valence-corrected chi connectivity index (χ0v) is 12.7. The number of carbonyl (C=O) groups excluding carboxylic acids is 1. The van der Waals surface area contributed by atoms with Crippen molar-refractivity contribution in [2.45, 2.75) is 39.0 Å². The van der Waals surface area contributed by atoms with Crippen LogP contribution < -0.4 is 10.1 Å². The molecular weight excluding hydrogens is 266 g/mol. The predicted molar refractivity (Wildman–Crippen MR) is 82.5 cm³/mol. The summed E-state index contributed by atoms with van der Waals surface area (Å²) in [4.78, 5) is 12.2. The summed E-state index contributed by atoms with van der Waals surface area (Å²) in [5, 5.41) is 12.5. The molecule has 21 heavy (non-hydrogen) atoms. The van der Waals surface area contributed by atoms with E-state index in [0.29, 0.717) is 18.7 Å². The summed E-state index contributed by atoms with van der Waals surface area (Å²) < 4.78 is 5.50. The minimum atomic E-state index is -0.111. The van der Waals surface area contributed by atoms with Gasteiger partial charge in [0.05, 0.1) is 13.2 Å². The van der Waals surface area contributed by atoms with E-state index in [2.05, 4.69) is 12.2 Å². The van der Waals surface area contributed by atoms with E-state index < -0.39 is 0 Å². The summed E-state index contributed by atoms with van der Waals surface area (Å²) in [7, 11) is 0. The second kappa shape index (κ2) is 7.46. The van der Waals surface area contributed by atoms with Gasteiger partial charge in [0.1, 0.15) is 5.75 Å². The molecule has 0 bridgehead atoms. The van der Waals surface area contributed by atoms with Crippen molar-refractivity contribution in [3.05, 3.63) is 29.8 Å². The molecule has 0 heterocycles. The Morgan fingerprint density at radius 3 is 2.52 bits per heavy atom. The second-order valence-corrected chi connectivity index (χ2v) is 5.92. The maximum Gasteiger partial charge on any atom is 0.251 e. The molecule has 1 fully saturated rings. The fourth-order valence-electron chi connectivity index (χ4n) is 2.81. The van der Waals surface area contributed by atoms with Gasteiger partial charge in [-0.05, 0) is 43.5 Å². The van der Waals surface area contributed by atoms with E-state index >= 15 is 0 Å². The van der Waals surface area contributed by atoms with Crippen molar-refractivity contribution in [2.24, 2.45) is 5.41 Å². The number of carbonyl (C=O) groups is 1. The van der Waals surface area contributed by atoms with Gasteiger partial charge in [0, 0.05) is 17.5 Å². The van der Waals surface area contributed by atoms with Gasteiger partial charge in [0.15, 0.2) is 0 Å². The molecule has 0 saturated heterocycles. The fourth-order valence-corrected chi connectivity index (χ4v) is 2.81. The van der Waals surface area contributed by atoms with E-state index in [9.17, 15) is 9.90 Å². The number of hydrogen-bond donors (Lipinski definition) is 2. The summed E-state index contributed by atoms with van der Waals surface area (Å²) in [5.41, 5.74) is 0.518. The summed E-state index contributed by atoms with van der Waals surface area (Å²) in [6.45, 7) is 3.44. The van der Waals surface area contributed by atoms with Crippen LogP contribution in [0.3, 0.4) is 0 Å². The average Bonchev–Trinajstić information content (AvgIpc) is 3.00. The van der Waals surface area contributed by atoms with Crippen LogP contribution in [0.1, 0.15) is 49.4 Å². The van der Waals surface area contributed by atoms with E-state index in [4.69, 9.17) is 4.74 Å². The molecule has 4 heteroatoms. The number of nitrogens with one attached hydrogen (secondary N) is 1. The Morgan fingerprint density at radius 2 is 1.95 bits per heavy atom. The van der Waals surface area contributed by atoms with Gasteiger partial charge in [-0.15, -0.1) is 0 Å². The van der Waals surface area contributed by atoms with E-state index in [1.807, 2.05) is 12.1 Å². The third kappa shape index (κ3) is 4.21. The second-order valence-electron chi connectivity index (χ2n) is 5.92. The molecule has 0 aliphatic heterocycles. The van der Waals surface area contributed by atoms with Crippen LogP contribution in [0.2, 0.25) is 0 Å². The van der Waals surface area contributed by atoms with Crippen molar-refractivity contribution < 1.29 is 14.6 Å². The van der Waals surface area contributed by atoms with E-state index in [-0.39, 0.29) is 17.9 Å². The monoisotopic (exact) mass is 291 g/mol. The third-order valence-corrected chi connectivity index (χ3v) is 4.21. The molecule has 0 unspecified atom stereocenters. The first-order chi connectivity index (χ1) is 10.2. The molecule has 1 aliphatic rings. The molecule has 0 radical (unpaired) electrons. The van der Waals surface area contributed by atoms with Gasteiger partial charge in [-0.2, -0.15) is 0 Å². The van der Waals surface area contributed by atoms with Crippen LogP contribution in [0.4, 0.5) is 0 Å². The van der Waals surface area contributed by atoms with Crippen molar-refractivity contribution >= 4 is 5.91 Å². The Balaban J connectivity index is 1.88. The smallest absolute Gasteiger partial charge is 0.251 e. The number of rotatable bonds is 7. The lowest BCUT2D eigenvalue weighted by molar-refractivity contribution is 0.0880. The van der Waals surface area contributed by atoms with Gasteiger partial charge >= 0.3 is 0 Å². The standard InChI is InChI=1S/C17H25NO3/c1-2-11-21-15-7-5-14(6-8-15)16(20)18-12-17(13-19)9-3-4-10-17/h5-8,19H,2-4,9-13H2,1H3,(H,18,20). The molecule has 1 aromatic carbocycles. The van der Waals surface area contributed by atoms with Crippen LogP contribution in [0.25, 0.3) is 0 Å². The van der Waals surface area contributed by atoms with Crippen LogP contribution in [0, 0.1) is 5.41 Å². The van der Waals surface area contributed by atoms with Gasteiger partial charge in [-0.25, -0.2) is 0 Å². The topological polar surface area (TPSA) is 58.6 Å². The number of ether oxygens (including phenoxy) is 1. The highest BCUT2D eigenvalue weighted by atomic mass is 16.5. The lowest BCUT2D eigenvalue weighted by Crippen LogP contribution is -2.38. The quantitative estimate of drug-likeness (QED) is 0.812. The Morgan fingerprint density at radius 1 is 1.29 bits per heavy atom. The molecule has 116 valence electrons. The third-order valence-electron chi connectivity index (χ3n) is 4.21. The van der Waals surface area contributed by atoms with Gasteiger partial charge in [-0.3, -0.25) is 4.79 Å². The van der Waals surface area contributed by atoms with Crippen LogP contribution in [-0.4, -0.2) is 30.8 Å². The van der Waals surface area contributed by atoms with Crippen LogP contribution in [-0.2, 0) is 0 Å². The van der Waals surface area contributed by atoms with Crippen molar-refractivity contribution in [3.63, 3.8) is 0 Å². The zero-order chi connectivity index (χ0) is 15.1. The first-order valence-electron chi connectivity index (χ1n) is 7.81. The lowest BCUT2D eigenvalue weighted by Gasteiger charge is -2.26. The Kier molecular flexibility index (Phi) is 5.62. The maximum absolute atomic E-state index is 12.2. The molecule has 1 aromatic rings. The summed E-state index contributed by atoms with van der Waals surface area (Å²) >= 11 is 0. The largest absolute Gasteiger partial charge is 0.494 e. The minimum absolute atomic E-state index is 0.0863. The van der Waals surface area contributed by atoms with Crippen LogP contribution >= 0.6 is 0 Å². The Bertz CT molecular complexity index is 450. The molecular formula is C17H25NO3. The summed E-state index contributed by atoms with van der Waals surface area (Å²) in [6, 6.07) is 7.20. The maximum atomic E-state index is 12.2. The fraction of sp³-hybridized carbons (Fsp3) is 0.588. The van der Waals surface area contributed by atoms with Gasteiger partial charge in [0.2, 0.25) is 0 Å². The molecule has 0 atom stereocenters. The Hall–Kier alpha value is -1.55. The minimum Gasteiger partial charge on any atom is -0.494 e. The molecule has 1 saturated carbocycles. The molecule has 2 rings (SSSR count). The first kappa shape index (κ1) is 15.8. The summed E-state index contributed by atoms with van der Waals surface area (Å²) in [6.07, 6.45) is 5.23. The van der Waals surface area contributed by atoms with Crippen molar-refractivity contribution in [3.8, 4) is 5.75 Å². The van der Waals surface area contributed by atoms with Gasteiger partial charge in [0.25, 0.3) is 5.91 Å². The molecule has 1 amide bonds. The predicted octanol–water partition coefficient (Wildman–Crippen LogP) is 2.76. The van der Waals surface area contributed by atoms with Crippen LogP contribution in [0.15, 0.2) is 24.3 Å². The van der Waals surface area contributed by atoms with Crippen LogP contribution in [0.5, 0.6) is 5.75 Å².